The van der Waals surface area contributed by atoms with Crippen LogP contribution in [0.5, 0.6) is 5.75 Å². The van der Waals surface area contributed by atoms with Gasteiger partial charge in [0.15, 0.2) is 6.61 Å². The molecule has 0 aromatic heterocycles. The number of benzene rings is 1. The highest BCUT2D eigenvalue weighted by Crippen LogP contribution is 2.22. The number of nitro groups is 1. The topological polar surface area (TPSA) is 81.5 Å². The zero-order chi connectivity index (χ0) is 15.3. The largest absolute Gasteiger partial charge is 0.484 e. The van der Waals surface area contributed by atoms with Gasteiger partial charge in [0, 0.05) is 17.7 Å². The van der Waals surface area contributed by atoms with E-state index in [4.69, 9.17) is 4.74 Å². The maximum absolute atomic E-state index is 13.3. The average molecular weight is 284 g/mol. The fourth-order valence-electron chi connectivity index (χ4n) is 1.38. The lowest BCUT2D eigenvalue weighted by atomic mass is 10.0. The molecule has 1 rings (SSSR count). The quantitative estimate of drug-likeness (QED) is 0.642. The third-order valence-corrected chi connectivity index (χ3v) is 2.85. The number of carbonyl (C=O) groups is 1. The summed E-state index contributed by atoms with van der Waals surface area (Å²) in [5.41, 5.74) is -0.977. The summed E-state index contributed by atoms with van der Waals surface area (Å²) in [5, 5.41) is 13.2. The van der Waals surface area contributed by atoms with E-state index in [9.17, 15) is 19.3 Å². The molecule has 0 heterocycles. The van der Waals surface area contributed by atoms with Crippen LogP contribution in [0.2, 0.25) is 0 Å². The lowest BCUT2D eigenvalue weighted by molar-refractivity contribution is -0.387. The first kappa shape index (κ1) is 15.9. The van der Waals surface area contributed by atoms with Crippen molar-refractivity contribution < 1.29 is 18.8 Å². The van der Waals surface area contributed by atoms with Crippen LogP contribution in [0.25, 0.3) is 0 Å². The minimum absolute atomic E-state index is 0.0672. The number of halogens is 1. The van der Waals surface area contributed by atoms with Crippen molar-refractivity contribution in [1.29, 1.82) is 0 Å². The molecule has 1 N–H and O–H groups in total. The monoisotopic (exact) mass is 284 g/mol. The minimum atomic E-state index is -0.998. The van der Waals surface area contributed by atoms with Crippen LogP contribution in [0.3, 0.4) is 0 Å². The van der Waals surface area contributed by atoms with Crippen LogP contribution in [0.1, 0.15) is 27.2 Å². The van der Waals surface area contributed by atoms with Crippen molar-refractivity contribution in [3.05, 3.63) is 34.1 Å². The van der Waals surface area contributed by atoms with Crippen molar-refractivity contribution in [2.45, 2.75) is 32.7 Å². The first-order valence-corrected chi connectivity index (χ1v) is 6.13. The number of carbonyl (C=O) groups excluding carboxylic acids is 1. The Bertz CT molecular complexity index is 517. The van der Waals surface area contributed by atoms with Crippen LogP contribution < -0.4 is 10.1 Å². The molecule has 0 saturated heterocycles. The van der Waals surface area contributed by atoms with Gasteiger partial charge < -0.3 is 10.1 Å². The summed E-state index contributed by atoms with van der Waals surface area (Å²) in [5.74, 6) is -1.27. The molecule has 0 spiro atoms. The Labute approximate surface area is 116 Å². The molecular weight excluding hydrogens is 267 g/mol. The second-order valence-corrected chi connectivity index (χ2v) is 4.94. The molecule has 7 heteroatoms. The van der Waals surface area contributed by atoms with E-state index in [1.165, 1.54) is 6.07 Å². The Morgan fingerprint density at radius 3 is 2.65 bits per heavy atom. The van der Waals surface area contributed by atoms with Crippen molar-refractivity contribution in [3.8, 4) is 5.75 Å². The molecule has 20 heavy (non-hydrogen) atoms. The molecule has 0 saturated carbocycles. The molecular formula is C13H17FN2O4. The molecule has 6 nitrogen and oxygen atoms in total. The van der Waals surface area contributed by atoms with Crippen molar-refractivity contribution >= 4 is 11.6 Å². The summed E-state index contributed by atoms with van der Waals surface area (Å²) in [6.45, 7) is 5.40. The van der Waals surface area contributed by atoms with Gasteiger partial charge in [0.1, 0.15) is 5.75 Å². The smallest absolute Gasteiger partial charge is 0.305 e. The number of hydrogen-bond donors (Lipinski definition) is 1. The molecule has 0 atom stereocenters. The Morgan fingerprint density at radius 1 is 1.50 bits per heavy atom. The second-order valence-electron chi connectivity index (χ2n) is 4.94. The maximum atomic E-state index is 13.3. The molecule has 0 aliphatic rings. The Kier molecular flexibility index (Phi) is 5.01. The van der Waals surface area contributed by atoms with E-state index in [-0.39, 0.29) is 23.8 Å². The molecule has 0 radical (unpaired) electrons. The van der Waals surface area contributed by atoms with Gasteiger partial charge >= 0.3 is 5.69 Å². The second kappa shape index (κ2) is 6.31. The highest BCUT2D eigenvalue weighted by Gasteiger charge is 2.18. The molecule has 1 amide bonds. The van der Waals surface area contributed by atoms with Gasteiger partial charge in [-0.1, -0.05) is 6.92 Å². The van der Waals surface area contributed by atoms with Gasteiger partial charge in [0.05, 0.1) is 4.92 Å². The van der Waals surface area contributed by atoms with E-state index in [0.29, 0.717) is 0 Å². The summed E-state index contributed by atoms with van der Waals surface area (Å²) in [6.07, 6.45) is 0.755. The first-order valence-electron chi connectivity index (χ1n) is 6.13. The van der Waals surface area contributed by atoms with E-state index in [2.05, 4.69) is 5.32 Å². The lowest BCUT2D eigenvalue weighted by Gasteiger charge is -2.24. The third-order valence-electron chi connectivity index (χ3n) is 2.85. The number of amides is 1. The highest BCUT2D eigenvalue weighted by atomic mass is 19.1. The Balaban J connectivity index is 2.60. The van der Waals surface area contributed by atoms with Gasteiger partial charge in [0.25, 0.3) is 5.91 Å². The first-order chi connectivity index (χ1) is 9.25. The lowest BCUT2D eigenvalue weighted by Crippen LogP contribution is -2.44. The van der Waals surface area contributed by atoms with Crippen LogP contribution in [0.4, 0.5) is 10.1 Å². The van der Waals surface area contributed by atoms with Gasteiger partial charge in [0.2, 0.25) is 5.82 Å². The van der Waals surface area contributed by atoms with Crippen molar-refractivity contribution in [3.63, 3.8) is 0 Å². The van der Waals surface area contributed by atoms with Crippen LogP contribution in [0.15, 0.2) is 18.2 Å². The molecule has 110 valence electrons. The van der Waals surface area contributed by atoms with Gasteiger partial charge in [-0.2, -0.15) is 4.39 Å². The Morgan fingerprint density at radius 2 is 2.15 bits per heavy atom. The molecule has 1 aromatic carbocycles. The normalized spacial score (nSPS) is 11.0. The Hall–Kier alpha value is -2.18. The van der Waals surface area contributed by atoms with Crippen LogP contribution >= 0.6 is 0 Å². The predicted octanol–water partition coefficient (Wildman–Crippen LogP) is 2.42. The molecule has 0 aliphatic heterocycles. The summed E-state index contributed by atoms with van der Waals surface area (Å²) in [6, 6.07) is 3.13. The van der Waals surface area contributed by atoms with Crippen LogP contribution in [-0.4, -0.2) is 23.0 Å². The van der Waals surface area contributed by atoms with Crippen molar-refractivity contribution in [2.75, 3.05) is 6.61 Å². The summed E-state index contributed by atoms with van der Waals surface area (Å²) < 4.78 is 18.4. The molecule has 1 aromatic rings. The average Bonchev–Trinajstić information content (AvgIpc) is 2.35. The fraction of sp³-hybridized carbons (Fsp3) is 0.462. The maximum Gasteiger partial charge on any atom is 0.305 e. The molecule has 0 unspecified atom stereocenters. The van der Waals surface area contributed by atoms with Crippen molar-refractivity contribution in [2.24, 2.45) is 0 Å². The molecule has 0 fully saturated rings. The number of ether oxygens (including phenoxy) is 1. The standard InChI is InChI=1S/C13H17FN2O4/c1-4-13(2,3)15-12(17)8-20-9-5-6-11(16(18)19)10(14)7-9/h5-7H,4,8H2,1-3H3,(H,15,17). The summed E-state index contributed by atoms with van der Waals surface area (Å²) in [4.78, 5) is 21.2. The van der Waals surface area contributed by atoms with E-state index in [0.717, 1.165) is 18.6 Å². The third kappa shape index (κ3) is 4.49. The zero-order valence-electron chi connectivity index (χ0n) is 11.6. The number of nitrogens with zero attached hydrogens (tertiary/aromatic N) is 1. The number of nitrogens with one attached hydrogen (secondary N) is 1. The number of hydrogen-bond acceptors (Lipinski definition) is 4. The van der Waals surface area contributed by atoms with Crippen LogP contribution in [0, 0.1) is 15.9 Å². The predicted molar refractivity (Wildman–Crippen MR) is 71.1 cm³/mol. The summed E-state index contributed by atoms with van der Waals surface area (Å²) in [7, 11) is 0. The van der Waals surface area contributed by atoms with Gasteiger partial charge in [-0.05, 0) is 26.3 Å². The number of nitro benzene ring substituents is 1. The molecule has 0 aliphatic carbocycles. The minimum Gasteiger partial charge on any atom is -0.484 e. The summed E-state index contributed by atoms with van der Waals surface area (Å²) >= 11 is 0. The number of rotatable bonds is 6. The van der Waals surface area contributed by atoms with Gasteiger partial charge in [-0.25, -0.2) is 0 Å². The van der Waals surface area contributed by atoms with Crippen LogP contribution in [-0.2, 0) is 4.79 Å². The highest BCUT2D eigenvalue weighted by molar-refractivity contribution is 5.78. The fourth-order valence-corrected chi connectivity index (χ4v) is 1.38. The van der Waals surface area contributed by atoms with E-state index < -0.39 is 16.4 Å². The van der Waals surface area contributed by atoms with Gasteiger partial charge in [-0.15, -0.1) is 0 Å². The van der Waals surface area contributed by atoms with Crippen molar-refractivity contribution in [1.82, 2.24) is 5.32 Å². The van der Waals surface area contributed by atoms with E-state index in [1.807, 2.05) is 20.8 Å². The zero-order valence-corrected chi connectivity index (χ0v) is 11.6. The van der Waals surface area contributed by atoms with E-state index in [1.54, 1.807) is 0 Å². The van der Waals surface area contributed by atoms with Gasteiger partial charge in [-0.3, -0.25) is 14.9 Å². The SMILES string of the molecule is CCC(C)(C)NC(=O)COc1ccc([N+](=O)[O-])c(F)c1. The molecule has 0 bridgehead atoms. The van der Waals surface area contributed by atoms with E-state index >= 15 is 0 Å².